The molecule has 24 heavy (non-hydrogen) atoms. The van der Waals surface area contributed by atoms with E-state index >= 15 is 0 Å². The van der Waals surface area contributed by atoms with Crippen molar-refractivity contribution in [2.24, 2.45) is 22.4 Å². The van der Waals surface area contributed by atoms with Gasteiger partial charge in [-0.3, -0.25) is 4.90 Å². The Balaban J connectivity index is 1.38. The first kappa shape index (κ1) is 18.3. The molecule has 0 radical (unpaired) electrons. The SMILES string of the molecule is CC1(C)[C@H]2CC=C(COC[C@H](O)CN3CC[C@H](S(N)(=O)=O)C3)[C@H]1C2. The van der Waals surface area contributed by atoms with Gasteiger partial charge >= 0.3 is 0 Å². The van der Waals surface area contributed by atoms with Crippen molar-refractivity contribution in [1.29, 1.82) is 0 Å². The van der Waals surface area contributed by atoms with E-state index in [1.54, 1.807) is 0 Å². The minimum atomic E-state index is -3.48. The number of hydrogen-bond acceptors (Lipinski definition) is 5. The van der Waals surface area contributed by atoms with Crippen molar-refractivity contribution in [3.63, 3.8) is 0 Å². The topological polar surface area (TPSA) is 92.9 Å². The van der Waals surface area contributed by atoms with E-state index < -0.39 is 21.4 Å². The number of aliphatic hydroxyl groups is 1. The Morgan fingerprint density at radius 2 is 2.25 bits per heavy atom. The quantitative estimate of drug-likeness (QED) is 0.654. The van der Waals surface area contributed by atoms with Gasteiger partial charge in [0.05, 0.1) is 24.6 Å². The molecular weight excluding hydrogens is 328 g/mol. The molecule has 138 valence electrons. The number of nitrogens with zero attached hydrogens (tertiary/aromatic N) is 1. The molecule has 0 spiro atoms. The van der Waals surface area contributed by atoms with Crippen molar-refractivity contribution in [2.45, 2.75) is 44.5 Å². The van der Waals surface area contributed by atoms with Crippen LogP contribution in [0.15, 0.2) is 11.6 Å². The Labute approximate surface area is 145 Å². The molecule has 3 N–H and O–H groups in total. The second kappa shape index (κ2) is 6.68. The summed E-state index contributed by atoms with van der Waals surface area (Å²) in [7, 11) is -3.48. The molecule has 1 saturated carbocycles. The predicted molar refractivity (Wildman–Crippen MR) is 92.9 cm³/mol. The number of hydrogen-bond donors (Lipinski definition) is 2. The van der Waals surface area contributed by atoms with Crippen LogP contribution in [0.3, 0.4) is 0 Å². The third kappa shape index (κ3) is 3.70. The maximum Gasteiger partial charge on any atom is 0.213 e. The summed E-state index contributed by atoms with van der Waals surface area (Å²) in [5, 5.41) is 14.8. The van der Waals surface area contributed by atoms with Crippen molar-refractivity contribution >= 4 is 10.0 Å². The molecule has 0 amide bonds. The number of β-amino-alcohol motifs (C(OH)–C–C–N with tert-alkyl or cyclic N) is 1. The summed E-state index contributed by atoms with van der Waals surface area (Å²) in [5.41, 5.74) is 1.77. The zero-order valence-corrected chi connectivity index (χ0v) is 15.5. The molecule has 0 aromatic carbocycles. The van der Waals surface area contributed by atoms with Gasteiger partial charge in [-0.1, -0.05) is 19.9 Å². The van der Waals surface area contributed by atoms with Crippen LogP contribution in [-0.2, 0) is 14.8 Å². The minimum absolute atomic E-state index is 0.282. The maximum atomic E-state index is 11.4. The van der Waals surface area contributed by atoms with Gasteiger partial charge in [-0.25, -0.2) is 13.6 Å². The number of nitrogens with two attached hydrogens (primary N) is 1. The highest BCUT2D eigenvalue weighted by Crippen LogP contribution is 2.59. The van der Waals surface area contributed by atoms with Crippen molar-refractivity contribution < 1.29 is 18.3 Å². The average molecular weight is 359 g/mol. The Bertz CT molecular complexity index is 602. The molecule has 4 atom stereocenters. The molecule has 4 rings (SSSR count). The van der Waals surface area contributed by atoms with Crippen LogP contribution in [-0.4, -0.2) is 62.6 Å². The highest BCUT2D eigenvalue weighted by molar-refractivity contribution is 7.89. The summed E-state index contributed by atoms with van der Waals surface area (Å²) in [4.78, 5) is 1.95. The van der Waals surface area contributed by atoms with Gasteiger partial charge in [0.2, 0.25) is 10.0 Å². The number of allylic oxidation sites excluding steroid dienone is 1. The predicted octanol–water partition coefficient (Wildman–Crippen LogP) is 0.719. The molecule has 2 fully saturated rings. The fourth-order valence-corrected chi connectivity index (χ4v) is 5.39. The smallest absolute Gasteiger partial charge is 0.213 e. The Hall–Kier alpha value is -0.470. The van der Waals surface area contributed by atoms with Gasteiger partial charge < -0.3 is 9.84 Å². The maximum absolute atomic E-state index is 11.4. The number of fused-ring (bicyclic) bond motifs is 1. The van der Waals surface area contributed by atoms with Crippen LogP contribution in [0, 0.1) is 17.3 Å². The molecule has 4 aliphatic rings. The van der Waals surface area contributed by atoms with Gasteiger partial charge in [-0.2, -0.15) is 0 Å². The zero-order valence-electron chi connectivity index (χ0n) is 14.6. The Kier molecular flexibility index (Phi) is 5.10. The van der Waals surface area contributed by atoms with Crippen LogP contribution in [0.25, 0.3) is 0 Å². The molecule has 6 nitrogen and oxygen atoms in total. The fraction of sp³-hybridized carbons (Fsp3) is 0.882. The number of rotatable bonds is 7. The molecule has 3 aliphatic carbocycles. The van der Waals surface area contributed by atoms with E-state index in [0.29, 0.717) is 44.0 Å². The summed E-state index contributed by atoms with van der Waals surface area (Å²) in [5.74, 6) is 1.45. The first-order valence-electron chi connectivity index (χ1n) is 8.86. The van der Waals surface area contributed by atoms with Crippen molar-refractivity contribution in [3.8, 4) is 0 Å². The highest BCUT2D eigenvalue weighted by atomic mass is 32.2. The van der Waals surface area contributed by atoms with Gasteiger partial charge in [0.15, 0.2) is 0 Å². The van der Waals surface area contributed by atoms with Gasteiger partial charge in [-0.05, 0) is 48.6 Å². The van der Waals surface area contributed by atoms with Crippen LogP contribution < -0.4 is 5.14 Å². The summed E-state index contributed by atoms with van der Waals surface area (Å²) in [6, 6.07) is 0. The Morgan fingerprint density at radius 1 is 1.50 bits per heavy atom. The molecule has 0 aromatic heterocycles. The number of primary sulfonamides is 1. The van der Waals surface area contributed by atoms with Gasteiger partial charge in [0.1, 0.15) is 0 Å². The van der Waals surface area contributed by atoms with Crippen molar-refractivity contribution in [2.75, 3.05) is 32.8 Å². The monoisotopic (exact) mass is 358 g/mol. The lowest BCUT2D eigenvalue weighted by molar-refractivity contribution is -0.0256. The van der Waals surface area contributed by atoms with E-state index in [2.05, 4.69) is 19.9 Å². The number of likely N-dealkylation sites (tertiary alicyclic amines) is 1. The van der Waals surface area contributed by atoms with Crippen LogP contribution in [0.4, 0.5) is 0 Å². The van der Waals surface area contributed by atoms with Crippen LogP contribution in [0.2, 0.25) is 0 Å². The third-order valence-corrected chi connectivity index (χ3v) is 7.64. The largest absolute Gasteiger partial charge is 0.389 e. The van der Waals surface area contributed by atoms with Gasteiger partial charge in [-0.15, -0.1) is 0 Å². The second-order valence-corrected chi connectivity index (χ2v) is 10.1. The zero-order chi connectivity index (χ0) is 17.5. The summed E-state index contributed by atoms with van der Waals surface area (Å²) in [6.45, 7) is 7.04. The summed E-state index contributed by atoms with van der Waals surface area (Å²) < 4.78 is 28.5. The lowest BCUT2D eigenvalue weighted by Crippen LogP contribution is -2.48. The Morgan fingerprint density at radius 3 is 2.83 bits per heavy atom. The first-order valence-corrected chi connectivity index (χ1v) is 10.5. The second-order valence-electron chi connectivity index (χ2n) is 8.25. The molecule has 1 saturated heterocycles. The van der Waals surface area contributed by atoms with Crippen molar-refractivity contribution in [1.82, 2.24) is 4.90 Å². The lowest BCUT2D eigenvalue weighted by Gasteiger charge is -2.56. The lowest BCUT2D eigenvalue weighted by atomic mass is 9.49. The molecule has 7 heteroatoms. The summed E-state index contributed by atoms with van der Waals surface area (Å²) >= 11 is 0. The van der Waals surface area contributed by atoms with E-state index in [4.69, 9.17) is 9.88 Å². The number of aliphatic hydroxyl groups excluding tert-OH is 1. The van der Waals surface area contributed by atoms with Crippen LogP contribution >= 0.6 is 0 Å². The minimum Gasteiger partial charge on any atom is -0.389 e. The van der Waals surface area contributed by atoms with Crippen LogP contribution in [0.1, 0.15) is 33.1 Å². The molecular formula is C17H30N2O4S. The van der Waals surface area contributed by atoms with E-state index in [1.807, 2.05) is 4.90 Å². The number of ether oxygens (including phenoxy) is 1. The standard InChI is InChI=1S/C17H30N2O4S/c1-17(2)13-4-3-12(16(17)7-13)10-23-11-14(20)8-19-6-5-15(9-19)24(18,21)22/h3,13-16,20H,4-11H2,1-2H3,(H2,18,21,22)/t13-,14+,15-,16+/m0/s1. The van der Waals surface area contributed by atoms with Crippen molar-refractivity contribution in [3.05, 3.63) is 11.6 Å². The fourth-order valence-electron chi connectivity index (χ4n) is 4.54. The number of sulfonamides is 1. The van der Waals surface area contributed by atoms with E-state index in [-0.39, 0.29) is 6.61 Å². The first-order chi connectivity index (χ1) is 11.2. The summed E-state index contributed by atoms with van der Waals surface area (Å²) in [6.07, 6.45) is 4.67. The van der Waals surface area contributed by atoms with Crippen LogP contribution in [0.5, 0.6) is 0 Å². The normalized spacial score (nSPS) is 33.8. The molecule has 0 unspecified atom stereocenters. The van der Waals surface area contributed by atoms with E-state index in [0.717, 1.165) is 12.3 Å². The molecule has 1 aliphatic heterocycles. The molecule has 0 aromatic rings. The third-order valence-electron chi connectivity index (χ3n) is 6.32. The van der Waals surface area contributed by atoms with Gasteiger partial charge in [0.25, 0.3) is 0 Å². The highest BCUT2D eigenvalue weighted by Gasteiger charge is 2.50. The average Bonchev–Trinajstić information content (AvgIpc) is 2.95. The van der Waals surface area contributed by atoms with Gasteiger partial charge in [0, 0.05) is 13.1 Å². The molecule has 2 bridgehead atoms. The molecule has 1 heterocycles. The van der Waals surface area contributed by atoms with E-state index in [1.165, 1.54) is 12.0 Å². The van der Waals surface area contributed by atoms with E-state index in [9.17, 15) is 13.5 Å².